The van der Waals surface area contributed by atoms with E-state index in [-0.39, 0.29) is 0 Å². The zero-order chi connectivity index (χ0) is 11.5. The van der Waals surface area contributed by atoms with Crippen molar-refractivity contribution in [1.29, 1.82) is 0 Å². The highest BCUT2D eigenvalue weighted by atomic mass is 16.5. The van der Waals surface area contributed by atoms with E-state index in [1.165, 1.54) is 44.5 Å². The van der Waals surface area contributed by atoms with Gasteiger partial charge in [-0.1, -0.05) is 30.3 Å². The van der Waals surface area contributed by atoms with Crippen molar-refractivity contribution in [3.63, 3.8) is 0 Å². The monoisotopic (exact) mass is 231 g/mol. The number of nitrogens with zero attached hydrogens (tertiary/aromatic N) is 1. The number of likely N-dealkylation sites (tertiary alicyclic amines) is 1. The molecule has 0 bridgehead atoms. The summed E-state index contributed by atoms with van der Waals surface area (Å²) in [5, 5.41) is 0. The summed E-state index contributed by atoms with van der Waals surface area (Å²) in [6, 6.07) is 10.7. The topological polar surface area (TPSA) is 12.5 Å². The van der Waals surface area contributed by atoms with Crippen LogP contribution in [0.2, 0.25) is 0 Å². The van der Waals surface area contributed by atoms with Crippen LogP contribution in [0, 0.1) is 5.92 Å². The maximum Gasteiger partial charge on any atom is 0.0866 e. The molecule has 1 aromatic rings. The first-order valence-electron chi connectivity index (χ1n) is 6.82. The van der Waals surface area contributed by atoms with E-state index >= 15 is 0 Å². The van der Waals surface area contributed by atoms with Gasteiger partial charge in [-0.2, -0.15) is 0 Å². The zero-order valence-corrected chi connectivity index (χ0v) is 10.3. The van der Waals surface area contributed by atoms with Gasteiger partial charge in [-0.05, 0) is 37.9 Å². The number of benzene rings is 1. The summed E-state index contributed by atoms with van der Waals surface area (Å²) in [5.41, 5.74) is 1.36. The van der Waals surface area contributed by atoms with Gasteiger partial charge in [0.2, 0.25) is 0 Å². The molecule has 1 aromatic carbocycles. The van der Waals surface area contributed by atoms with Gasteiger partial charge in [-0.25, -0.2) is 0 Å². The van der Waals surface area contributed by atoms with E-state index in [4.69, 9.17) is 4.74 Å². The summed E-state index contributed by atoms with van der Waals surface area (Å²) in [4.78, 5) is 2.61. The van der Waals surface area contributed by atoms with E-state index in [0.29, 0.717) is 12.0 Å². The molecule has 92 valence electrons. The van der Waals surface area contributed by atoms with Crippen molar-refractivity contribution >= 4 is 0 Å². The van der Waals surface area contributed by atoms with Gasteiger partial charge in [0.15, 0.2) is 0 Å². The van der Waals surface area contributed by atoms with E-state index in [1.54, 1.807) is 0 Å². The lowest BCUT2D eigenvalue weighted by atomic mass is 9.95. The summed E-state index contributed by atoms with van der Waals surface area (Å²) in [5.74, 6) is 0.690. The third-order valence-electron chi connectivity index (χ3n) is 4.03. The van der Waals surface area contributed by atoms with E-state index in [2.05, 4.69) is 35.2 Å². The molecule has 2 nitrogen and oxygen atoms in total. The first-order chi connectivity index (χ1) is 8.43. The molecule has 0 amide bonds. The minimum Gasteiger partial charge on any atom is -0.373 e. The molecule has 2 saturated heterocycles. The fourth-order valence-electron chi connectivity index (χ4n) is 3.13. The molecule has 0 aliphatic carbocycles. The van der Waals surface area contributed by atoms with E-state index in [1.807, 2.05) is 0 Å². The van der Waals surface area contributed by atoms with Crippen LogP contribution in [0.1, 0.15) is 30.9 Å². The van der Waals surface area contributed by atoms with Crippen molar-refractivity contribution in [3.8, 4) is 0 Å². The molecule has 2 aliphatic rings. The number of hydrogen-bond donors (Lipinski definition) is 0. The minimum atomic E-state index is 0.330. The lowest BCUT2D eigenvalue weighted by Crippen LogP contribution is -2.28. The van der Waals surface area contributed by atoms with Crippen molar-refractivity contribution in [2.45, 2.75) is 25.4 Å². The van der Waals surface area contributed by atoms with Crippen molar-refractivity contribution in [1.82, 2.24) is 4.90 Å². The second-order valence-corrected chi connectivity index (χ2v) is 5.26. The van der Waals surface area contributed by atoms with Crippen LogP contribution in [0.5, 0.6) is 0 Å². The Morgan fingerprint density at radius 1 is 1.12 bits per heavy atom. The molecule has 0 unspecified atom stereocenters. The average Bonchev–Trinajstić information content (AvgIpc) is 3.02. The molecule has 2 aliphatic heterocycles. The SMILES string of the molecule is c1ccc([C@@H]2OCC[C@H]2CN2CCCC2)cc1. The van der Waals surface area contributed by atoms with Gasteiger partial charge in [0.05, 0.1) is 6.10 Å². The van der Waals surface area contributed by atoms with Gasteiger partial charge < -0.3 is 9.64 Å². The molecule has 0 radical (unpaired) electrons. The Morgan fingerprint density at radius 3 is 2.65 bits per heavy atom. The van der Waals surface area contributed by atoms with Crippen LogP contribution in [0.25, 0.3) is 0 Å². The Kier molecular flexibility index (Phi) is 3.44. The molecule has 0 spiro atoms. The van der Waals surface area contributed by atoms with Gasteiger partial charge in [0.25, 0.3) is 0 Å². The molecule has 0 N–H and O–H groups in total. The third-order valence-corrected chi connectivity index (χ3v) is 4.03. The van der Waals surface area contributed by atoms with Gasteiger partial charge >= 0.3 is 0 Å². The molecule has 0 aromatic heterocycles. The van der Waals surface area contributed by atoms with Crippen LogP contribution >= 0.6 is 0 Å². The van der Waals surface area contributed by atoms with Crippen LogP contribution in [-0.2, 0) is 4.74 Å². The maximum absolute atomic E-state index is 5.94. The van der Waals surface area contributed by atoms with Crippen molar-refractivity contribution in [3.05, 3.63) is 35.9 Å². The highest BCUT2D eigenvalue weighted by molar-refractivity contribution is 5.19. The highest BCUT2D eigenvalue weighted by Crippen LogP contribution is 2.35. The first kappa shape index (κ1) is 11.2. The summed E-state index contributed by atoms with van der Waals surface area (Å²) >= 11 is 0. The summed E-state index contributed by atoms with van der Waals surface area (Å²) in [7, 11) is 0. The smallest absolute Gasteiger partial charge is 0.0866 e. The molecule has 2 heteroatoms. The average molecular weight is 231 g/mol. The highest BCUT2D eigenvalue weighted by Gasteiger charge is 2.31. The maximum atomic E-state index is 5.94. The Bertz CT molecular complexity index is 345. The summed E-state index contributed by atoms with van der Waals surface area (Å²) in [6.45, 7) is 4.73. The molecular formula is C15H21NO. The number of ether oxygens (including phenoxy) is 1. The van der Waals surface area contributed by atoms with Crippen molar-refractivity contribution in [2.24, 2.45) is 5.92 Å². The van der Waals surface area contributed by atoms with Gasteiger partial charge in [-0.3, -0.25) is 0 Å². The van der Waals surface area contributed by atoms with E-state index in [9.17, 15) is 0 Å². The fourth-order valence-corrected chi connectivity index (χ4v) is 3.13. The Morgan fingerprint density at radius 2 is 1.88 bits per heavy atom. The van der Waals surface area contributed by atoms with Crippen LogP contribution in [-0.4, -0.2) is 31.1 Å². The Labute approximate surface area is 104 Å². The van der Waals surface area contributed by atoms with Gasteiger partial charge in [-0.15, -0.1) is 0 Å². The lowest BCUT2D eigenvalue weighted by Gasteiger charge is -2.24. The third kappa shape index (κ3) is 2.53. The molecule has 0 saturated carbocycles. The Balaban J connectivity index is 1.67. The largest absolute Gasteiger partial charge is 0.373 e. The molecule has 2 heterocycles. The van der Waals surface area contributed by atoms with Crippen LogP contribution < -0.4 is 0 Å². The molecule has 2 fully saturated rings. The predicted molar refractivity (Wildman–Crippen MR) is 68.9 cm³/mol. The Hall–Kier alpha value is -0.860. The van der Waals surface area contributed by atoms with E-state index in [0.717, 1.165) is 6.61 Å². The van der Waals surface area contributed by atoms with Crippen LogP contribution in [0.4, 0.5) is 0 Å². The van der Waals surface area contributed by atoms with Gasteiger partial charge in [0, 0.05) is 19.1 Å². The normalized spacial score (nSPS) is 29.9. The second-order valence-electron chi connectivity index (χ2n) is 5.26. The molecule has 3 rings (SSSR count). The molecule has 2 atom stereocenters. The van der Waals surface area contributed by atoms with Crippen molar-refractivity contribution in [2.75, 3.05) is 26.2 Å². The summed E-state index contributed by atoms with van der Waals surface area (Å²) < 4.78 is 5.94. The van der Waals surface area contributed by atoms with E-state index < -0.39 is 0 Å². The summed E-state index contributed by atoms with van der Waals surface area (Å²) in [6.07, 6.45) is 4.31. The van der Waals surface area contributed by atoms with Crippen molar-refractivity contribution < 1.29 is 4.74 Å². The second kappa shape index (κ2) is 5.19. The zero-order valence-electron chi connectivity index (χ0n) is 10.3. The lowest BCUT2D eigenvalue weighted by molar-refractivity contribution is 0.0811. The molecular weight excluding hydrogens is 210 g/mol. The van der Waals surface area contributed by atoms with Crippen LogP contribution in [0.3, 0.4) is 0 Å². The fraction of sp³-hybridized carbons (Fsp3) is 0.600. The first-order valence-corrected chi connectivity index (χ1v) is 6.82. The standard InChI is InChI=1S/C15H21NO/c1-2-6-13(7-3-1)15-14(8-11-17-15)12-16-9-4-5-10-16/h1-3,6-7,14-15H,4-5,8-12H2/t14-,15-/m0/s1. The number of rotatable bonds is 3. The van der Waals surface area contributed by atoms with Gasteiger partial charge in [0.1, 0.15) is 0 Å². The molecule has 17 heavy (non-hydrogen) atoms. The predicted octanol–water partition coefficient (Wildman–Crippen LogP) is 2.86. The minimum absolute atomic E-state index is 0.330. The van der Waals surface area contributed by atoms with Crippen LogP contribution in [0.15, 0.2) is 30.3 Å². The number of hydrogen-bond acceptors (Lipinski definition) is 2. The quantitative estimate of drug-likeness (QED) is 0.793.